The first-order chi connectivity index (χ1) is 16.6. The Labute approximate surface area is 229 Å². The zero-order chi connectivity index (χ0) is 26.1. The van der Waals surface area contributed by atoms with Gasteiger partial charge in [0.2, 0.25) is 0 Å². The SMILES string of the molecule is CC(C)(C)OC(=O)c1ccccc1CS(=O)(=O)[N-]C(c1ccccc1)C([NH-])c1ccccc1.[CH3-].[Cl][Ru+3]. The van der Waals surface area contributed by atoms with Crippen molar-refractivity contribution in [1.29, 1.82) is 0 Å². The van der Waals surface area contributed by atoms with Crippen LogP contribution in [0.2, 0.25) is 0 Å². The van der Waals surface area contributed by atoms with Crippen molar-refractivity contribution >= 4 is 25.7 Å². The zero-order valence-electron chi connectivity index (χ0n) is 20.7. The van der Waals surface area contributed by atoms with Gasteiger partial charge in [-0.05, 0) is 32.4 Å². The average Bonchev–Trinajstić information content (AvgIpc) is 2.83. The summed E-state index contributed by atoms with van der Waals surface area (Å²) in [4.78, 5) is 12.6. The minimum atomic E-state index is -4.04. The number of hydrogen-bond donors (Lipinski definition) is 0. The van der Waals surface area contributed by atoms with Gasteiger partial charge in [0.05, 0.1) is 21.3 Å². The molecule has 0 heterocycles. The van der Waals surface area contributed by atoms with Crippen molar-refractivity contribution in [3.63, 3.8) is 0 Å². The maximum atomic E-state index is 13.2. The molecule has 0 aromatic heterocycles. The first kappa shape index (κ1) is 31.9. The van der Waals surface area contributed by atoms with E-state index >= 15 is 0 Å². The zero-order valence-corrected chi connectivity index (χ0v) is 24.0. The Balaban J connectivity index is 0.00000211. The second-order valence-electron chi connectivity index (χ2n) is 8.73. The summed E-state index contributed by atoms with van der Waals surface area (Å²) in [5, 5.41) is 0. The number of carbonyl (C=O) groups is 1. The molecule has 0 fully saturated rings. The second kappa shape index (κ2) is 14.6. The molecule has 0 aliphatic carbocycles. The van der Waals surface area contributed by atoms with Gasteiger partial charge in [-0.1, -0.05) is 90.0 Å². The molecule has 0 aliphatic heterocycles. The van der Waals surface area contributed by atoms with Gasteiger partial charge < -0.3 is 22.6 Å². The van der Waals surface area contributed by atoms with Crippen LogP contribution >= 0.6 is 9.69 Å². The van der Waals surface area contributed by atoms with Crippen molar-refractivity contribution < 1.29 is 35.3 Å². The van der Waals surface area contributed by atoms with Crippen LogP contribution in [0.15, 0.2) is 84.9 Å². The number of ether oxygens (including phenoxy) is 1. The van der Waals surface area contributed by atoms with Crippen LogP contribution in [-0.2, 0) is 37.8 Å². The van der Waals surface area contributed by atoms with Gasteiger partial charge in [0.1, 0.15) is 5.60 Å². The quantitative estimate of drug-likeness (QED) is 0.149. The third-order valence-corrected chi connectivity index (χ3v) is 6.09. The summed E-state index contributed by atoms with van der Waals surface area (Å²) in [5.74, 6) is -1.05. The van der Waals surface area contributed by atoms with Gasteiger partial charge in [-0.2, -0.15) is 0 Å². The fourth-order valence-electron chi connectivity index (χ4n) is 3.39. The first-order valence-corrected chi connectivity index (χ1v) is 14.6. The predicted molar refractivity (Wildman–Crippen MR) is 143 cm³/mol. The molecule has 1 N–H and O–H groups in total. The molecule has 194 valence electrons. The molecule has 9 heteroatoms. The van der Waals surface area contributed by atoms with Crippen molar-refractivity contribution in [2.45, 2.75) is 44.2 Å². The maximum absolute atomic E-state index is 13.2. The summed E-state index contributed by atoms with van der Waals surface area (Å²) in [6.07, 6.45) is 0. The van der Waals surface area contributed by atoms with Crippen molar-refractivity contribution in [2.75, 3.05) is 0 Å². The number of sulfonamides is 1. The number of carbonyl (C=O) groups excluding carboxylic acids is 1. The molecule has 6 nitrogen and oxygen atoms in total. The van der Waals surface area contributed by atoms with Gasteiger partial charge in [-0.25, -0.2) is 13.2 Å². The molecule has 2 unspecified atom stereocenters. The van der Waals surface area contributed by atoms with Gasteiger partial charge in [0.25, 0.3) is 0 Å². The standard InChI is InChI=1S/C26H28N2O4S.CH3.ClH.Ru/c1-26(2,3)32-25(29)22-17-11-10-16-21(22)18-33(30,31)28-24(20-14-8-5-9-15-20)23(27)19-12-6-4-7-13-19;;;/h4-17,23-24,27H,18H2,1-3H3;1H3;1H;/q-2;-1;;+4/p-1. The molecule has 0 saturated heterocycles. The van der Waals surface area contributed by atoms with Crippen LogP contribution < -0.4 is 0 Å². The van der Waals surface area contributed by atoms with Gasteiger partial charge in [-0.3, -0.25) is 0 Å². The Morgan fingerprint density at radius 1 is 0.917 bits per heavy atom. The normalized spacial score (nSPS) is 12.8. The third-order valence-electron chi connectivity index (χ3n) is 4.86. The number of nitrogens with one attached hydrogen (secondary N) is 1. The fourth-order valence-corrected chi connectivity index (χ4v) is 4.70. The molecule has 0 aliphatic rings. The molecule has 0 radical (unpaired) electrons. The van der Waals surface area contributed by atoms with E-state index in [0.717, 1.165) is 0 Å². The van der Waals surface area contributed by atoms with Gasteiger partial charge >= 0.3 is 33.0 Å². The number of halogens is 1. The topological polar surface area (TPSA) is 98.3 Å². The molecule has 0 bridgehead atoms. The summed E-state index contributed by atoms with van der Waals surface area (Å²) in [6.45, 7) is 5.26. The van der Waals surface area contributed by atoms with Crippen LogP contribution in [0.3, 0.4) is 0 Å². The van der Waals surface area contributed by atoms with E-state index in [0.29, 0.717) is 16.7 Å². The van der Waals surface area contributed by atoms with Crippen LogP contribution in [0.4, 0.5) is 0 Å². The number of nitrogens with zero attached hydrogens (tertiary/aromatic N) is 1. The van der Waals surface area contributed by atoms with E-state index in [2.05, 4.69) is 14.4 Å². The molecule has 0 spiro atoms. The van der Waals surface area contributed by atoms with E-state index < -0.39 is 39.4 Å². The van der Waals surface area contributed by atoms with Crippen LogP contribution in [0.5, 0.6) is 0 Å². The Morgan fingerprint density at radius 3 is 1.92 bits per heavy atom. The van der Waals surface area contributed by atoms with E-state index in [1.54, 1.807) is 81.4 Å². The van der Waals surface area contributed by atoms with E-state index in [9.17, 15) is 13.2 Å². The molecule has 2 atom stereocenters. The van der Waals surface area contributed by atoms with E-state index in [1.165, 1.54) is 0 Å². The molecule has 3 rings (SSSR count). The molecule has 3 aromatic rings. The Hall–Kier alpha value is -2.09. The summed E-state index contributed by atoms with van der Waals surface area (Å²) in [7, 11) is 0.531. The second-order valence-corrected chi connectivity index (χ2v) is 10.4. The molecule has 0 saturated carbocycles. The third kappa shape index (κ3) is 9.76. The fraction of sp³-hybridized carbons (Fsp3) is 0.259. The van der Waals surface area contributed by atoms with E-state index in [1.807, 2.05) is 41.6 Å². The van der Waals surface area contributed by atoms with Crippen molar-refractivity contribution in [1.82, 2.24) is 0 Å². The summed E-state index contributed by atoms with van der Waals surface area (Å²) in [5.41, 5.74) is 9.83. The number of rotatable bonds is 8. The van der Waals surface area contributed by atoms with Crippen molar-refractivity contribution in [3.05, 3.63) is 125 Å². The molecular formula is C27H31ClN2O4RuS. The molecule has 36 heavy (non-hydrogen) atoms. The predicted octanol–water partition coefficient (Wildman–Crippen LogP) is 7.52. The van der Waals surface area contributed by atoms with Gasteiger partial charge in [0, 0.05) is 0 Å². The number of hydrogen-bond acceptors (Lipinski definition) is 4. The minimum absolute atomic E-state index is 0. The summed E-state index contributed by atoms with van der Waals surface area (Å²) in [6, 6.07) is 22.6. The van der Waals surface area contributed by atoms with Crippen molar-refractivity contribution in [2.24, 2.45) is 0 Å². The molecule has 3 aromatic carbocycles. The van der Waals surface area contributed by atoms with Crippen molar-refractivity contribution in [3.8, 4) is 0 Å². The van der Waals surface area contributed by atoms with E-state index in [4.69, 9.17) is 10.5 Å². The molecule has 0 amide bonds. The summed E-state index contributed by atoms with van der Waals surface area (Å²) >= 11 is 1.82. The number of benzene rings is 3. The first-order valence-electron chi connectivity index (χ1n) is 10.8. The van der Waals surface area contributed by atoms with Crippen LogP contribution in [-0.4, -0.2) is 20.0 Å². The average molecular weight is 616 g/mol. The van der Waals surface area contributed by atoms with Crippen LogP contribution in [0.1, 0.15) is 59.9 Å². The number of esters is 1. The van der Waals surface area contributed by atoms with Gasteiger partial charge in [-0.15, -0.1) is 12.1 Å². The Morgan fingerprint density at radius 2 is 1.39 bits per heavy atom. The summed E-state index contributed by atoms with van der Waals surface area (Å²) < 4.78 is 35.9. The van der Waals surface area contributed by atoms with Crippen LogP contribution in [0.25, 0.3) is 10.5 Å². The van der Waals surface area contributed by atoms with E-state index in [-0.39, 0.29) is 13.0 Å². The monoisotopic (exact) mass is 616 g/mol. The van der Waals surface area contributed by atoms with Crippen LogP contribution in [0, 0.1) is 7.43 Å². The van der Waals surface area contributed by atoms with Gasteiger partial charge in [0.15, 0.2) is 0 Å². The Kier molecular flexibility index (Phi) is 13.0. The Bertz CT molecular complexity index is 1190. The molecular weight excluding hydrogens is 585 g/mol.